The minimum Gasteiger partial charge on any atom is -0.377 e. The molecule has 4 heterocycles. The summed E-state index contributed by atoms with van der Waals surface area (Å²) in [7, 11) is -3.20. The smallest absolute Gasteiger partial charge is 0.237 e. The van der Waals surface area contributed by atoms with Crippen LogP contribution >= 0.6 is 0 Å². The molecule has 3 aromatic rings. The molecule has 2 atom stereocenters. The van der Waals surface area contributed by atoms with Crippen molar-refractivity contribution in [3.8, 4) is 5.95 Å². The maximum absolute atomic E-state index is 12.7. The number of imidazole rings is 1. The zero-order valence-electron chi connectivity index (χ0n) is 17.2. The highest BCUT2D eigenvalue weighted by Gasteiger charge is 2.35. The lowest BCUT2D eigenvalue weighted by atomic mass is 10.2. The molecule has 0 amide bonds. The number of benzene rings is 1. The van der Waals surface area contributed by atoms with E-state index in [4.69, 9.17) is 14.7 Å². The van der Waals surface area contributed by atoms with Gasteiger partial charge in [-0.3, -0.25) is 4.57 Å². The van der Waals surface area contributed by atoms with E-state index >= 15 is 0 Å². The number of sulfone groups is 1. The van der Waals surface area contributed by atoms with E-state index in [0.717, 1.165) is 22.7 Å². The standard InChI is InChI=1S/C21H25N5O3S/c1-14-13-29-10-9-25(14)20-12-17(19-8-5-11-30(19,27)28)23-21(24-20)26-15(2)22-16-6-3-4-7-18(16)26/h3-4,6-7,12,14,19H,5,8-11,13H2,1-2H3/t14-,19-/m1/s1. The van der Waals surface area contributed by atoms with E-state index in [1.165, 1.54) is 0 Å². The Balaban J connectivity index is 1.71. The highest BCUT2D eigenvalue weighted by Crippen LogP contribution is 2.35. The average molecular weight is 428 g/mol. The topological polar surface area (TPSA) is 90.2 Å². The van der Waals surface area contributed by atoms with Gasteiger partial charge in [-0.25, -0.2) is 18.4 Å². The van der Waals surface area contributed by atoms with E-state index < -0.39 is 15.1 Å². The van der Waals surface area contributed by atoms with Crippen molar-refractivity contribution in [3.63, 3.8) is 0 Å². The quantitative estimate of drug-likeness (QED) is 0.635. The summed E-state index contributed by atoms with van der Waals surface area (Å²) in [4.78, 5) is 16.4. The van der Waals surface area contributed by atoms with Gasteiger partial charge in [0.25, 0.3) is 0 Å². The Morgan fingerprint density at radius 1 is 1.17 bits per heavy atom. The van der Waals surface area contributed by atoms with E-state index in [0.29, 0.717) is 44.2 Å². The Kier molecular flexibility index (Phi) is 4.74. The van der Waals surface area contributed by atoms with Crippen LogP contribution in [0.2, 0.25) is 0 Å². The van der Waals surface area contributed by atoms with E-state index in [1.807, 2.05) is 41.8 Å². The Morgan fingerprint density at radius 3 is 2.77 bits per heavy atom. The molecule has 9 heteroatoms. The summed E-state index contributed by atoms with van der Waals surface area (Å²) in [6.07, 6.45) is 1.27. The fourth-order valence-corrected chi connectivity index (χ4v) is 6.31. The zero-order chi connectivity index (χ0) is 20.9. The molecule has 1 aromatic carbocycles. The highest BCUT2D eigenvalue weighted by molar-refractivity contribution is 7.91. The van der Waals surface area contributed by atoms with E-state index in [-0.39, 0.29) is 11.8 Å². The van der Waals surface area contributed by atoms with Gasteiger partial charge in [0.2, 0.25) is 5.95 Å². The van der Waals surface area contributed by atoms with Gasteiger partial charge in [-0.05, 0) is 38.8 Å². The Morgan fingerprint density at radius 2 is 2.00 bits per heavy atom. The maximum atomic E-state index is 12.7. The van der Waals surface area contributed by atoms with Crippen molar-refractivity contribution in [2.24, 2.45) is 0 Å². The Hall–Kier alpha value is -2.52. The van der Waals surface area contributed by atoms with Gasteiger partial charge in [-0.15, -0.1) is 0 Å². The zero-order valence-corrected chi connectivity index (χ0v) is 18.0. The first-order chi connectivity index (χ1) is 14.4. The van der Waals surface area contributed by atoms with Gasteiger partial charge in [-0.2, -0.15) is 4.98 Å². The number of hydrogen-bond donors (Lipinski definition) is 0. The van der Waals surface area contributed by atoms with E-state index in [9.17, 15) is 8.42 Å². The number of aromatic nitrogens is 4. The molecule has 5 rings (SSSR count). The molecule has 0 saturated carbocycles. The number of morpholine rings is 1. The fraction of sp³-hybridized carbons (Fsp3) is 0.476. The Bertz CT molecular complexity index is 1210. The van der Waals surface area contributed by atoms with Crippen LogP contribution in [-0.2, 0) is 14.6 Å². The van der Waals surface area contributed by atoms with Gasteiger partial charge < -0.3 is 9.64 Å². The molecule has 0 bridgehead atoms. The van der Waals surface area contributed by atoms with Crippen LogP contribution in [0.4, 0.5) is 5.82 Å². The summed E-state index contributed by atoms with van der Waals surface area (Å²) in [5.74, 6) is 2.19. The van der Waals surface area contributed by atoms with Crippen molar-refractivity contribution in [2.45, 2.75) is 38.0 Å². The summed E-state index contributed by atoms with van der Waals surface area (Å²) in [6.45, 7) is 5.94. The number of hydrogen-bond acceptors (Lipinski definition) is 7. The number of rotatable bonds is 3. The minimum atomic E-state index is -3.20. The molecular weight excluding hydrogens is 402 g/mol. The molecule has 30 heavy (non-hydrogen) atoms. The molecule has 0 aliphatic carbocycles. The average Bonchev–Trinajstić information content (AvgIpc) is 3.25. The van der Waals surface area contributed by atoms with Crippen molar-refractivity contribution in [2.75, 3.05) is 30.4 Å². The summed E-state index contributed by atoms with van der Waals surface area (Å²) >= 11 is 0. The predicted octanol–water partition coefficient (Wildman–Crippen LogP) is 2.60. The van der Waals surface area contributed by atoms with Gasteiger partial charge in [-0.1, -0.05) is 12.1 Å². The monoisotopic (exact) mass is 427 g/mol. The molecule has 0 N–H and O–H groups in total. The summed E-state index contributed by atoms with van der Waals surface area (Å²) < 4.78 is 32.8. The van der Waals surface area contributed by atoms with Crippen molar-refractivity contribution in [1.29, 1.82) is 0 Å². The van der Waals surface area contributed by atoms with Crippen LogP contribution in [-0.4, -0.2) is 59.5 Å². The number of nitrogens with zero attached hydrogens (tertiary/aromatic N) is 5. The molecule has 0 radical (unpaired) electrons. The number of para-hydroxylation sites is 2. The van der Waals surface area contributed by atoms with Crippen molar-refractivity contribution < 1.29 is 13.2 Å². The van der Waals surface area contributed by atoms with Gasteiger partial charge in [0.05, 0.1) is 41.7 Å². The largest absolute Gasteiger partial charge is 0.377 e. The first-order valence-corrected chi connectivity index (χ1v) is 12.0. The van der Waals surface area contributed by atoms with Crippen LogP contribution < -0.4 is 4.90 Å². The van der Waals surface area contributed by atoms with Gasteiger partial charge in [0.1, 0.15) is 16.9 Å². The lowest BCUT2D eigenvalue weighted by molar-refractivity contribution is 0.0985. The molecule has 2 aromatic heterocycles. The normalized spacial score (nSPS) is 23.9. The molecule has 158 valence electrons. The van der Waals surface area contributed by atoms with Crippen LogP contribution in [0.25, 0.3) is 17.0 Å². The minimum absolute atomic E-state index is 0.148. The number of anilines is 1. The van der Waals surface area contributed by atoms with E-state index in [1.54, 1.807) is 0 Å². The van der Waals surface area contributed by atoms with Crippen LogP contribution in [0.3, 0.4) is 0 Å². The maximum Gasteiger partial charge on any atom is 0.237 e. The van der Waals surface area contributed by atoms with Crippen LogP contribution in [0, 0.1) is 6.92 Å². The molecule has 2 saturated heterocycles. The second kappa shape index (κ2) is 7.31. The van der Waals surface area contributed by atoms with Gasteiger partial charge >= 0.3 is 0 Å². The van der Waals surface area contributed by atoms with Crippen molar-refractivity contribution in [3.05, 3.63) is 41.9 Å². The molecule has 0 spiro atoms. The molecular formula is C21H25N5O3S. The van der Waals surface area contributed by atoms with Crippen LogP contribution in [0.5, 0.6) is 0 Å². The summed E-state index contributed by atoms with van der Waals surface area (Å²) in [5, 5.41) is -0.579. The van der Waals surface area contributed by atoms with E-state index in [2.05, 4.69) is 16.8 Å². The fourth-order valence-electron chi connectivity index (χ4n) is 4.44. The second-order valence-corrected chi connectivity index (χ2v) is 10.4. The molecule has 0 unspecified atom stereocenters. The highest BCUT2D eigenvalue weighted by atomic mass is 32.2. The Labute approximate surface area is 175 Å². The summed E-state index contributed by atoms with van der Waals surface area (Å²) in [6, 6.07) is 9.84. The third-order valence-electron chi connectivity index (χ3n) is 5.97. The lowest BCUT2D eigenvalue weighted by Gasteiger charge is -2.34. The first kappa shape index (κ1) is 19.4. The second-order valence-electron chi connectivity index (χ2n) is 8.05. The molecule has 2 aliphatic heterocycles. The molecule has 8 nitrogen and oxygen atoms in total. The lowest BCUT2D eigenvalue weighted by Crippen LogP contribution is -2.44. The van der Waals surface area contributed by atoms with Crippen molar-refractivity contribution >= 4 is 26.7 Å². The predicted molar refractivity (Wildman–Crippen MR) is 115 cm³/mol. The number of ether oxygens (including phenoxy) is 1. The van der Waals surface area contributed by atoms with Crippen LogP contribution in [0.15, 0.2) is 30.3 Å². The third-order valence-corrected chi connectivity index (χ3v) is 8.17. The third kappa shape index (κ3) is 3.26. The van der Waals surface area contributed by atoms with Crippen LogP contribution in [0.1, 0.15) is 36.5 Å². The SMILES string of the molecule is Cc1nc2ccccc2n1-c1nc([C@H]2CCCS2(=O)=O)cc(N2CCOC[C@H]2C)n1. The number of fused-ring (bicyclic) bond motifs is 1. The molecule has 2 aliphatic rings. The molecule has 2 fully saturated rings. The first-order valence-electron chi connectivity index (χ1n) is 10.3. The number of aryl methyl sites for hydroxylation is 1. The summed E-state index contributed by atoms with van der Waals surface area (Å²) in [5.41, 5.74) is 2.34. The van der Waals surface area contributed by atoms with Gasteiger partial charge in [0, 0.05) is 12.6 Å². The van der Waals surface area contributed by atoms with Crippen molar-refractivity contribution in [1.82, 2.24) is 19.5 Å². The van der Waals surface area contributed by atoms with Gasteiger partial charge in [0.15, 0.2) is 9.84 Å².